The van der Waals surface area contributed by atoms with Gasteiger partial charge in [0.05, 0.1) is 5.91 Å². The molecular formula is C6H5N2OPr+2. The van der Waals surface area contributed by atoms with Gasteiger partial charge in [0, 0.05) is 18.0 Å². The molecule has 0 aromatic carbocycles. The van der Waals surface area contributed by atoms with E-state index in [2.05, 4.69) is 4.98 Å². The Balaban J connectivity index is 0.000000810. The van der Waals surface area contributed by atoms with E-state index in [4.69, 9.17) is 5.73 Å². The van der Waals surface area contributed by atoms with Crippen molar-refractivity contribution in [2.75, 3.05) is 0 Å². The molecule has 10 heavy (non-hydrogen) atoms. The Bertz CT molecular complexity index is 212. The molecule has 1 amide bonds. The molecule has 0 atom stereocenters. The molecule has 1 rings (SSSR count). The van der Waals surface area contributed by atoms with E-state index in [0.717, 1.165) is 0 Å². The van der Waals surface area contributed by atoms with Gasteiger partial charge in [-0.25, -0.2) is 0 Å². The van der Waals surface area contributed by atoms with Crippen LogP contribution in [0.15, 0.2) is 24.5 Å². The average molecular weight is 262 g/mol. The van der Waals surface area contributed by atoms with E-state index in [1.807, 2.05) is 0 Å². The van der Waals surface area contributed by atoms with Gasteiger partial charge in [-0.15, -0.1) is 0 Å². The van der Waals surface area contributed by atoms with E-state index >= 15 is 0 Å². The first-order valence-electron chi connectivity index (χ1n) is 2.46. The summed E-state index contributed by atoms with van der Waals surface area (Å²) in [5, 5.41) is 0. The van der Waals surface area contributed by atoms with Crippen molar-refractivity contribution in [2.24, 2.45) is 0 Å². The number of carbonyl (C=O) groups excluding carboxylic acids is 1. The fourth-order valence-corrected chi connectivity index (χ4v) is 0.497. The predicted octanol–water partition coefficient (Wildman–Crippen LogP) is 1.27. The van der Waals surface area contributed by atoms with Crippen molar-refractivity contribution in [1.29, 1.82) is 0 Å². The zero-order chi connectivity index (χ0) is 6.69. The quantitative estimate of drug-likeness (QED) is 0.765. The molecule has 0 bridgehead atoms. The van der Waals surface area contributed by atoms with E-state index in [0.29, 0.717) is 5.56 Å². The Morgan fingerprint density at radius 1 is 1.60 bits per heavy atom. The molecule has 46 valence electrons. The molecule has 0 aliphatic heterocycles. The Kier molecular flexibility index (Phi) is 4.74. The van der Waals surface area contributed by atoms with Crippen molar-refractivity contribution in [3.05, 3.63) is 35.8 Å². The number of rotatable bonds is 1. The average Bonchev–Trinajstić information content (AvgIpc) is 1.90. The minimum atomic E-state index is -0.692. The molecule has 0 saturated carbocycles. The van der Waals surface area contributed by atoms with Crippen LogP contribution < -0.4 is 0 Å². The van der Waals surface area contributed by atoms with E-state index in [-0.39, 0.29) is 41.3 Å². The summed E-state index contributed by atoms with van der Waals surface area (Å²) in [6, 6.07) is 3.18. The molecule has 1 heterocycles. The van der Waals surface area contributed by atoms with E-state index in [9.17, 15) is 4.79 Å². The van der Waals surface area contributed by atoms with Crippen LogP contribution in [0.4, 0.5) is 0 Å². The molecule has 1 aromatic heterocycles. The summed E-state index contributed by atoms with van der Waals surface area (Å²) in [6.07, 6.45) is 2.93. The molecule has 3 nitrogen and oxygen atoms in total. The zero-order valence-electron chi connectivity index (χ0n) is 5.24. The molecule has 4 heteroatoms. The van der Waals surface area contributed by atoms with E-state index in [1.54, 1.807) is 18.3 Å². The smallest absolute Gasteiger partial charge is 0.664 e. The fourth-order valence-electron chi connectivity index (χ4n) is 0.497. The van der Waals surface area contributed by atoms with Crippen molar-refractivity contribution < 1.29 is 46.1 Å². The summed E-state index contributed by atoms with van der Waals surface area (Å²) in [6.45, 7) is 0. The first-order chi connectivity index (χ1) is 4.30. The van der Waals surface area contributed by atoms with E-state index < -0.39 is 5.91 Å². The van der Waals surface area contributed by atoms with Crippen LogP contribution >= 0.6 is 0 Å². The third-order valence-electron chi connectivity index (χ3n) is 0.924. The molecular weight excluding hydrogens is 257 g/mol. The Morgan fingerprint density at radius 3 is 2.60 bits per heavy atom. The number of nitrogens with one attached hydrogen (secondary N) is 1. The van der Waals surface area contributed by atoms with Gasteiger partial charge in [-0.3, -0.25) is 4.98 Å². The van der Waals surface area contributed by atoms with Gasteiger partial charge >= 0.3 is 41.3 Å². The van der Waals surface area contributed by atoms with Crippen LogP contribution in [-0.4, -0.2) is 10.9 Å². The molecule has 1 N–H and O–H groups in total. The molecule has 0 unspecified atom stereocenters. The maximum atomic E-state index is 10.3. The first-order valence-corrected chi connectivity index (χ1v) is 2.46. The van der Waals surface area contributed by atoms with Gasteiger partial charge in [0.2, 0.25) is 0 Å². The molecule has 0 radical (unpaired) electrons. The van der Waals surface area contributed by atoms with Gasteiger partial charge in [-0.05, 0) is 12.1 Å². The molecule has 1 aromatic rings. The van der Waals surface area contributed by atoms with Crippen LogP contribution in [0, 0.1) is 41.3 Å². The molecule has 0 spiro atoms. The minimum absolute atomic E-state index is 0. The Morgan fingerprint density at radius 2 is 2.30 bits per heavy atom. The largest absolute Gasteiger partial charge is 3.00 e. The number of aromatic nitrogens is 1. The third kappa shape index (κ3) is 2.71. The Labute approximate surface area is 92.0 Å². The van der Waals surface area contributed by atoms with Crippen molar-refractivity contribution in [2.45, 2.75) is 0 Å². The topological polar surface area (TPSA) is 53.8 Å². The van der Waals surface area contributed by atoms with Crippen LogP contribution in [0.25, 0.3) is 5.73 Å². The second kappa shape index (κ2) is 4.75. The SMILES string of the molecule is [NH-]C(=O)c1cccnc1.[Pr+3]. The van der Waals surface area contributed by atoms with Crippen LogP contribution in [0.1, 0.15) is 10.4 Å². The predicted molar refractivity (Wildman–Crippen MR) is 32.9 cm³/mol. The molecule has 0 saturated heterocycles. The van der Waals surface area contributed by atoms with Crippen LogP contribution in [-0.2, 0) is 0 Å². The number of hydrogen-bond donors (Lipinski definition) is 0. The van der Waals surface area contributed by atoms with Gasteiger partial charge in [0.15, 0.2) is 0 Å². The number of nitrogens with zero attached hydrogens (tertiary/aromatic N) is 1. The monoisotopic (exact) mass is 262 g/mol. The van der Waals surface area contributed by atoms with Crippen LogP contribution in [0.2, 0.25) is 0 Å². The summed E-state index contributed by atoms with van der Waals surface area (Å²) >= 11 is 0. The summed E-state index contributed by atoms with van der Waals surface area (Å²) in [5.74, 6) is -0.692. The number of amides is 1. The van der Waals surface area contributed by atoms with Gasteiger partial charge in [0.25, 0.3) is 0 Å². The fraction of sp³-hybridized carbons (Fsp3) is 0. The maximum Gasteiger partial charge on any atom is 3.00 e. The van der Waals surface area contributed by atoms with Crippen LogP contribution in [0.3, 0.4) is 0 Å². The standard InChI is InChI=1S/C6H6N2O.Pr/c7-6(9)5-2-1-3-8-4-5;/h1-4H,(H2,7,9);/q;+3/p-1. The maximum absolute atomic E-state index is 10.3. The number of hydrogen-bond acceptors (Lipinski definition) is 2. The second-order valence-electron chi connectivity index (χ2n) is 1.57. The number of carbonyl (C=O) groups is 1. The van der Waals surface area contributed by atoms with Crippen molar-refractivity contribution in [3.8, 4) is 0 Å². The summed E-state index contributed by atoms with van der Waals surface area (Å²) < 4.78 is 0. The number of pyridine rings is 1. The van der Waals surface area contributed by atoms with Crippen molar-refractivity contribution in [3.63, 3.8) is 0 Å². The summed E-state index contributed by atoms with van der Waals surface area (Å²) in [7, 11) is 0. The van der Waals surface area contributed by atoms with Gasteiger partial charge in [0.1, 0.15) is 0 Å². The van der Waals surface area contributed by atoms with Gasteiger partial charge in [-0.1, -0.05) is 0 Å². The summed E-state index contributed by atoms with van der Waals surface area (Å²) in [4.78, 5) is 13.9. The van der Waals surface area contributed by atoms with Gasteiger partial charge < -0.3 is 10.5 Å². The van der Waals surface area contributed by atoms with Crippen LogP contribution in [0.5, 0.6) is 0 Å². The normalized spacial score (nSPS) is 8.00. The van der Waals surface area contributed by atoms with Gasteiger partial charge in [-0.2, -0.15) is 0 Å². The van der Waals surface area contributed by atoms with Crippen molar-refractivity contribution in [1.82, 2.24) is 4.98 Å². The third-order valence-corrected chi connectivity index (χ3v) is 0.924. The first kappa shape index (κ1) is 9.98. The van der Waals surface area contributed by atoms with Crippen molar-refractivity contribution >= 4 is 5.91 Å². The minimum Gasteiger partial charge on any atom is -0.664 e. The molecule has 0 fully saturated rings. The van der Waals surface area contributed by atoms with E-state index in [1.165, 1.54) is 6.20 Å². The zero-order valence-corrected chi connectivity index (χ0v) is 8.95. The summed E-state index contributed by atoms with van der Waals surface area (Å²) in [5.41, 5.74) is 6.97. The molecule has 0 aliphatic carbocycles. The second-order valence-corrected chi connectivity index (χ2v) is 1.57. The Hall–Kier alpha value is -0.0164. The molecule has 0 aliphatic rings.